The number of likely N-dealkylation sites (N-methyl/N-ethyl adjacent to an activating group) is 1. The molecule has 0 fully saturated rings. The van der Waals surface area contributed by atoms with E-state index in [1.54, 1.807) is 12.1 Å². The Bertz CT molecular complexity index is 671. The predicted octanol–water partition coefficient (Wildman–Crippen LogP) is 2.66. The zero-order valence-electron chi connectivity index (χ0n) is 15.0. The Kier molecular flexibility index (Phi) is 5.72. The van der Waals surface area contributed by atoms with Gasteiger partial charge in [-0.05, 0) is 43.7 Å². The number of carbonyl (C=O) groups excluding carboxylic acids is 1. The van der Waals surface area contributed by atoms with E-state index in [-0.39, 0.29) is 17.4 Å². The summed E-state index contributed by atoms with van der Waals surface area (Å²) in [4.78, 5) is 16.5. The molecule has 0 saturated carbocycles. The summed E-state index contributed by atoms with van der Waals surface area (Å²) in [7, 11) is 1.90. The molecule has 1 unspecified atom stereocenters. The van der Waals surface area contributed by atoms with Crippen molar-refractivity contribution in [2.45, 2.75) is 40.2 Å². The van der Waals surface area contributed by atoms with Gasteiger partial charge in [-0.1, -0.05) is 25.9 Å². The molecule has 0 saturated heterocycles. The van der Waals surface area contributed by atoms with Crippen LogP contribution in [0.1, 0.15) is 43.9 Å². The number of amides is 1. The molecule has 1 aromatic carbocycles. The Hall–Kier alpha value is -2.21. The number of carbonyl (C=O) groups is 1. The quantitative estimate of drug-likeness (QED) is 0.851. The molecule has 0 aliphatic carbocycles. The Balaban J connectivity index is 2.03. The van der Waals surface area contributed by atoms with Crippen LogP contribution < -0.4 is 10.6 Å². The minimum absolute atomic E-state index is 0.0558. The number of aromatic nitrogens is 2. The van der Waals surface area contributed by atoms with E-state index >= 15 is 0 Å². The molecule has 1 atom stereocenters. The molecular weight excluding hydrogens is 304 g/mol. The van der Waals surface area contributed by atoms with Crippen LogP contribution in [0.3, 0.4) is 0 Å². The standard InChI is InChI=1S/C18H26N4O2/c1-12(19-5)10-15-21-17(24-22-15)14-8-6-13(7-9-14)16(23)20-11-18(2,3)4/h6-9,12,19H,10-11H2,1-5H3,(H,20,23). The van der Waals surface area contributed by atoms with Crippen molar-refractivity contribution in [2.75, 3.05) is 13.6 Å². The number of nitrogens with zero attached hydrogens (tertiary/aromatic N) is 2. The summed E-state index contributed by atoms with van der Waals surface area (Å²) in [6.07, 6.45) is 0.702. The highest BCUT2D eigenvalue weighted by Crippen LogP contribution is 2.18. The fourth-order valence-electron chi connectivity index (χ4n) is 2.04. The zero-order valence-corrected chi connectivity index (χ0v) is 15.0. The van der Waals surface area contributed by atoms with Crippen LogP contribution in [0.25, 0.3) is 11.5 Å². The van der Waals surface area contributed by atoms with Crippen LogP contribution in [0.2, 0.25) is 0 Å². The molecule has 24 heavy (non-hydrogen) atoms. The molecule has 0 bridgehead atoms. The zero-order chi connectivity index (χ0) is 17.7. The van der Waals surface area contributed by atoms with Gasteiger partial charge in [0.1, 0.15) is 0 Å². The van der Waals surface area contributed by atoms with E-state index in [2.05, 4.69) is 48.5 Å². The van der Waals surface area contributed by atoms with Gasteiger partial charge in [-0.15, -0.1) is 0 Å². The fraction of sp³-hybridized carbons (Fsp3) is 0.500. The number of benzene rings is 1. The fourth-order valence-corrected chi connectivity index (χ4v) is 2.04. The van der Waals surface area contributed by atoms with Crippen molar-refractivity contribution < 1.29 is 9.32 Å². The van der Waals surface area contributed by atoms with Crippen molar-refractivity contribution in [1.82, 2.24) is 20.8 Å². The summed E-state index contributed by atoms with van der Waals surface area (Å²) in [6, 6.07) is 7.47. The molecule has 6 heteroatoms. The third kappa shape index (κ3) is 5.16. The first-order valence-corrected chi connectivity index (χ1v) is 8.17. The lowest BCUT2D eigenvalue weighted by molar-refractivity contribution is 0.0939. The summed E-state index contributed by atoms with van der Waals surface area (Å²) >= 11 is 0. The van der Waals surface area contributed by atoms with E-state index in [4.69, 9.17) is 4.52 Å². The van der Waals surface area contributed by atoms with Crippen molar-refractivity contribution in [3.63, 3.8) is 0 Å². The van der Waals surface area contributed by atoms with E-state index < -0.39 is 0 Å². The van der Waals surface area contributed by atoms with Crippen molar-refractivity contribution in [2.24, 2.45) is 5.41 Å². The third-order valence-electron chi connectivity index (χ3n) is 3.62. The van der Waals surface area contributed by atoms with Crippen LogP contribution in [-0.2, 0) is 6.42 Å². The monoisotopic (exact) mass is 330 g/mol. The third-order valence-corrected chi connectivity index (χ3v) is 3.62. The Morgan fingerprint density at radius 3 is 2.50 bits per heavy atom. The van der Waals surface area contributed by atoms with Gasteiger partial charge in [-0.25, -0.2) is 0 Å². The van der Waals surface area contributed by atoms with Crippen LogP contribution in [-0.4, -0.2) is 35.7 Å². The first-order valence-electron chi connectivity index (χ1n) is 8.17. The molecule has 0 spiro atoms. The summed E-state index contributed by atoms with van der Waals surface area (Å²) < 4.78 is 5.30. The second-order valence-corrected chi connectivity index (χ2v) is 7.23. The molecule has 0 aliphatic heterocycles. The van der Waals surface area contributed by atoms with Gasteiger partial charge in [0.25, 0.3) is 11.8 Å². The van der Waals surface area contributed by atoms with Crippen LogP contribution in [0.5, 0.6) is 0 Å². The van der Waals surface area contributed by atoms with Gasteiger partial charge >= 0.3 is 0 Å². The molecule has 1 aromatic heterocycles. The SMILES string of the molecule is CNC(C)Cc1noc(-c2ccc(C(=O)NCC(C)(C)C)cc2)n1. The second-order valence-electron chi connectivity index (χ2n) is 7.23. The van der Waals surface area contributed by atoms with Gasteiger partial charge in [0.05, 0.1) is 0 Å². The Labute approximate surface area is 143 Å². The predicted molar refractivity (Wildman–Crippen MR) is 93.7 cm³/mol. The number of rotatable bonds is 6. The van der Waals surface area contributed by atoms with E-state index in [1.165, 1.54) is 0 Å². The van der Waals surface area contributed by atoms with Gasteiger partial charge in [-0.3, -0.25) is 4.79 Å². The van der Waals surface area contributed by atoms with Crippen molar-refractivity contribution in [3.8, 4) is 11.5 Å². The first kappa shape index (κ1) is 18.1. The summed E-state index contributed by atoms with van der Waals surface area (Å²) in [5.41, 5.74) is 1.48. The maximum absolute atomic E-state index is 12.1. The van der Waals surface area contributed by atoms with Crippen molar-refractivity contribution >= 4 is 5.91 Å². The van der Waals surface area contributed by atoms with E-state index in [1.807, 2.05) is 19.2 Å². The Morgan fingerprint density at radius 2 is 1.92 bits per heavy atom. The maximum atomic E-state index is 12.1. The number of hydrogen-bond donors (Lipinski definition) is 2. The van der Waals surface area contributed by atoms with Crippen LogP contribution in [0.15, 0.2) is 28.8 Å². The molecule has 1 amide bonds. The van der Waals surface area contributed by atoms with Crippen molar-refractivity contribution in [1.29, 1.82) is 0 Å². The molecule has 0 radical (unpaired) electrons. The van der Waals surface area contributed by atoms with E-state index in [0.717, 1.165) is 5.56 Å². The smallest absolute Gasteiger partial charge is 0.257 e. The van der Waals surface area contributed by atoms with Gasteiger partial charge in [-0.2, -0.15) is 4.98 Å². The topological polar surface area (TPSA) is 80.0 Å². The molecule has 2 aromatic rings. The highest BCUT2D eigenvalue weighted by molar-refractivity contribution is 5.94. The second kappa shape index (κ2) is 7.57. The van der Waals surface area contributed by atoms with Gasteiger partial charge in [0.2, 0.25) is 0 Å². The van der Waals surface area contributed by atoms with E-state index in [9.17, 15) is 4.79 Å². The molecule has 2 rings (SSSR count). The lowest BCUT2D eigenvalue weighted by Crippen LogP contribution is -2.32. The average molecular weight is 330 g/mol. The molecule has 0 aliphatic rings. The highest BCUT2D eigenvalue weighted by atomic mass is 16.5. The summed E-state index contributed by atoms with van der Waals surface area (Å²) in [6.45, 7) is 8.93. The van der Waals surface area contributed by atoms with Crippen LogP contribution >= 0.6 is 0 Å². The number of hydrogen-bond acceptors (Lipinski definition) is 5. The highest BCUT2D eigenvalue weighted by Gasteiger charge is 2.14. The van der Waals surface area contributed by atoms with Gasteiger partial charge < -0.3 is 15.2 Å². The van der Waals surface area contributed by atoms with Crippen LogP contribution in [0.4, 0.5) is 0 Å². The lowest BCUT2D eigenvalue weighted by atomic mass is 9.97. The normalized spacial score (nSPS) is 12.9. The Morgan fingerprint density at radius 1 is 1.25 bits per heavy atom. The summed E-state index contributed by atoms with van der Waals surface area (Å²) in [5.74, 6) is 1.05. The number of nitrogens with one attached hydrogen (secondary N) is 2. The minimum Gasteiger partial charge on any atom is -0.352 e. The lowest BCUT2D eigenvalue weighted by Gasteiger charge is -2.18. The van der Waals surface area contributed by atoms with Crippen LogP contribution in [0, 0.1) is 5.41 Å². The molecule has 1 heterocycles. The molecular formula is C18H26N4O2. The van der Waals surface area contributed by atoms with Crippen molar-refractivity contribution in [3.05, 3.63) is 35.7 Å². The van der Waals surface area contributed by atoms with Gasteiger partial charge in [0.15, 0.2) is 5.82 Å². The summed E-state index contributed by atoms with van der Waals surface area (Å²) in [5, 5.41) is 10.1. The first-order chi connectivity index (χ1) is 11.3. The maximum Gasteiger partial charge on any atom is 0.257 e. The van der Waals surface area contributed by atoms with Gasteiger partial charge in [0, 0.05) is 30.1 Å². The average Bonchev–Trinajstić information content (AvgIpc) is 3.00. The minimum atomic E-state index is -0.0782. The largest absolute Gasteiger partial charge is 0.352 e. The van der Waals surface area contributed by atoms with E-state index in [0.29, 0.717) is 30.2 Å². The molecule has 130 valence electrons. The molecule has 6 nitrogen and oxygen atoms in total. The molecule has 2 N–H and O–H groups in total.